The standard InChI is InChI=1S/C15H18BrNOS/c1-11(18)12-5-6-15(14(16)10-12)17(2)8-7-13-4-3-9-19-13/h3-6,9-11,18H,7-8H2,1-2H3/t11-/m1/s1. The molecule has 0 saturated carbocycles. The molecule has 2 aromatic rings. The summed E-state index contributed by atoms with van der Waals surface area (Å²) >= 11 is 5.38. The van der Waals surface area contributed by atoms with E-state index in [1.165, 1.54) is 4.88 Å². The van der Waals surface area contributed by atoms with Gasteiger partial charge in [-0.2, -0.15) is 0 Å². The van der Waals surface area contributed by atoms with Crippen LogP contribution in [0.2, 0.25) is 0 Å². The Morgan fingerprint density at radius 3 is 2.74 bits per heavy atom. The molecule has 4 heteroatoms. The molecule has 0 aliphatic rings. The first-order valence-corrected chi connectivity index (χ1v) is 7.96. The number of aliphatic hydroxyl groups excluding tert-OH is 1. The van der Waals surface area contributed by atoms with Crippen molar-refractivity contribution in [2.24, 2.45) is 0 Å². The largest absolute Gasteiger partial charge is 0.389 e. The molecule has 1 aromatic carbocycles. The molecule has 2 rings (SSSR count). The Morgan fingerprint density at radius 2 is 2.16 bits per heavy atom. The molecule has 0 fully saturated rings. The van der Waals surface area contributed by atoms with Crippen LogP contribution in [0.3, 0.4) is 0 Å². The highest BCUT2D eigenvalue weighted by Gasteiger charge is 2.09. The van der Waals surface area contributed by atoms with Crippen molar-refractivity contribution in [2.45, 2.75) is 19.4 Å². The minimum atomic E-state index is -0.429. The zero-order valence-corrected chi connectivity index (χ0v) is 13.5. The minimum Gasteiger partial charge on any atom is -0.389 e. The third-order valence-electron chi connectivity index (χ3n) is 3.14. The number of likely N-dealkylation sites (N-methyl/N-ethyl adjacent to an activating group) is 1. The Kier molecular flexibility index (Phi) is 5.02. The van der Waals surface area contributed by atoms with E-state index >= 15 is 0 Å². The van der Waals surface area contributed by atoms with Gasteiger partial charge in [0.2, 0.25) is 0 Å². The molecule has 102 valence electrons. The monoisotopic (exact) mass is 339 g/mol. The van der Waals surface area contributed by atoms with E-state index in [4.69, 9.17) is 0 Å². The lowest BCUT2D eigenvalue weighted by molar-refractivity contribution is 0.199. The van der Waals surface area contributed by atoms with Gasteiger partial charge in [-0.1, -0.05) is 12.1 Å². The molecule has 0 saturated heterocycles. The van der Waals surface area contributed by atoms with Crippen LogP contribution in [0.25, 0.3) is 0 Å². The van der Waals surface area contributed by atoms with Crippen molar-refractivity contribution < 1.29 is 5.11 Å². The number of halogens is 1. The normalized spacial score (nSPS) is 12.4. The summed E-state index contributed by atoms with van der Waals surface area (Å²) in [5.41, 5.74) is 2.09. The molecule has 0 radical (unpaired) electrons. The van der Waals surface area contributed by atoms with Gasteiger partial charge in [-0.25, -0.2) is 0 Å². The van der Waals surface area contributed by atoms with Gasteiger partial charge in [0.15, 0.2) is 0 Å². The Morgan fingerprint density at radius 1 is 1.37 bits per heavy atom. The van der Waals surface area contributed by atoms with E-state index in [0.29, 0.717) is 0 Å². The second kappa shape index (κ2) is 6.55. The number of benzene rings is 1. The summed E-state index contributed by atoms with van der Waals surface area (Å²) in [7, 11) is 2.09. The molecular weight excluding hydrogens is 322 g/mol. The summed E-state index contributed by atoms with van der Waals surface area (Å²) in [4.78, 5) is 3.64. The van der Waals surface area contributed by atoms with Crippen LogP contribution in [0.5, 0.6) is 0 Å². The summed E-state index contributed by atoms with van der Waals surface area (Å²) in [5, 5.41) is 11.7. The van der Waals surface area contributed by atoms with Crippen molar-refractivity contribution in [3.05, 3.63) is 50.6 Å². The van der Waals surface area contributed by atoms with E-state index in [9.17, 15) is 5.11 Å². The van der Waals surface area contributed by atoms with E-state index in [0.717, 1.165) is 28.7 Å². The van der Waals surface area contributed by atoms with Crippen molar-refractivity contribution in [2.75, 3.05) is 18.5 Å². The summed E-state index contributed by atoms with van der Waals surface area (Å²) in [6.45, 7) is 2.76. The maximum Gasteiger partial charge on any atom is 0.0762 e. The summed E-state index contributed by atoms with van der Waals surface area (Å²) in [5.74, 6) is 0. The fraction of sp³-hybridized carbons (Fsp3) is 0.333. The van der Waals surface area contributed by atoms with Crippen LogP contribution >= 0.6 is 27.3 Å². The lowest BCUT2D eigenvalue weighted by Crippen LogP contribution is -2.20. The zero-order chi connectivity index (χ0) is 13.8. The van der Waals surface area contributed by atoms with Crippen LogP contribution in [0.4, 0.5) is 5.69 Å². The van der Waals surface area contributed by atoms with Crippen molar-refractivity contribution in [3.63, 3.8) is 0 Å². The van der Waals surface area contributed by atoms with Gasteiger partial charge in [0.05, 0.1) is 11.8 Å². The average Bonchev–Trinajstić information content (AvgIpc) is 2.88. The highest BCUT2D eigenvalue weighted by molar-refractivity contribution is 9.10. The lowest BCUT2D eigenvalue weighted by Gasteiger charge is -2.21. The molecule has 0 unspecified atom stereocenters. The smallest absolute Gasteiger partial charge is 0.0762 e. The van der Waals surface area contributed by atoms with Crippen LogP contribution in [0, 0.1) is 0 Å². The molecular formula is C15H18BrNOS. The summed E-state index contributed by atoms with van der Waals surface area (Å²) in [6, 6.07) is 10.3. The first-order chi connectivity index (χ1) is 9.08. The number of hydrogen-bond donors (Lipinski definition) is 1. The number of rotatable bonds is 5. The van der Waals surface area contributed by atoms with E-state index in [1.807, 2.05) is 12.1 Å². The van der Waals surface area contributed by atoms with Crippen molar-refractivity contribution in [1.29, 1.82) is 0 Å². The van der Waals surface area contributed by atoms with Crippen LogP contribution in [0.15, 0.2) is 40.2 Å². The van der Waals surface area contributed by atoms with Crippen LogP contribution < -0.4 is 4.90 Å². The number of hydrogen-bond acceptors (Lipinski definition) is 3. The van der Waals surface area contributed by atoms with Gasteiger partial charge >= 0.3 is 0 Å². The van der Waals surface area contributed by atoms with E-state index in [1.54, 1.807) is 18.3 Å². The van der Waals surface area contributed by atoms with Crippen LogP contribution in [0.1, 0.15) is 23.5 Å². The molecule has 1 N–H and O–H groups in total. The molecule has 0 aliphatic heterocycles. The Labute approximate surface area is 126 Å². The van der Waals surface area contributed by atoms with Gasteiger partial charge in [-0.05, 0) is 58.4 Å². The van der Waals surface area contributed by atoms with E-state index in [2.05, 4.69) is 51.5 Å². The number of thiophene rings is 1. The predicted octanol–water partition coefficient (Wildman–Crippen LogP) is 4.24. The first-order valence-electron chi connectivity index (χ1n) is 6.29. The third-order valence-corrected chi connectivity index (χ3v) is 4.71. The van der Waals surface area contributed by atoms with E-state index < -0.39 is 6.10 Å². The Bertz CT molecular complexity index is 525. The summed E-state index contributed by atoms with van der Waals surface area (Å²) < 4.78 is 1.03. The van der Waals surface area contributed by atoms with Crippen molar-refractivity contribution in [1.82, 2.24) is 0 Å². The van der Waals surface area contributed by atoms with Gasteiger partial charge in [0, 0.05) is 22.9 Å². The fourth-order valence-electron chi connectivity index (χ4n) is 1.95. The lowest BCUT2D eigenvalue weighted by atomic mass is 10.1. The third kappa shape index (κ3) is 3.81. The molecule has 0 aliphatic carbocycles. The quantitative estimate of drug-likeness (QED) is 0.880. The molecule has 19 heavy (non-hydrogen) atoms. The van der Waals surface area contributed by atoms with E-state index in [-0.39, 0.29) is 0 Å². The Hall–Kier alpha value is -0.840. The summed E-state index contributed by atoms with van der Waals surface area (Å²) in [6.07, 6.45) is 0.625. The molecule has 0 amide bonds. The molecule has 1 heterocycles. The molecule has 1 atom stereocenters. The van der Waals surface area contributed by atoms with Gasteiger partial charge < -0.3 is 10.0 Å². The average molecular weight is 340 g/mol. The van der Waals surface area contributed by atoms with Gasteiger partial charge in [0.25, 0.3) is 0 Å². The maximum absolute atomic E-state index is 9.57. The number of nitrogens with zero attached hydrogens (tertiary/aromatic N) is 1. The second-order valence-corrected chi connectivity index (χ2v) is 6.52. The van der Waals surface area contributed by atoms with Crippen molar-refractivity contribution in [3.8, 4) is 0 Å². The molecule has 1 aromatic heterocycles. The Balaban J connectivity index is 2.04. The van der Waals surface area contributed by atoms with Crippen LogP contribution in [-0.2, 0) is 6.42 Å². The van der Waals surface area contributed by atoms with Crippen molar-refractivity contribution >= 4 is 33.0 Å². The first kappa shape index (κ1) is 14.6. The molecule has 0 spiro atoms. The number of aliphatic hydroxyl groups is 1. The topological polar surface area (TPSA) is 23.5 Å². The highest BCUT2D eigenvalue weighted by atomic mass is 79.9. The van der Waals surface area contributed by atoms with Gasteiger partial charge in [0.1, 0.15) is 0 Å². The molecule has 2 nitrogen and oxygen atoms in total. The molecule has 0 bridgehead atoms. The van der Waals surface area contributed by atoms with Gasteiger partial charge in [-0.3, -0.25) is 0 Å². The number of anilines is 1. The minimum absolute atomic E-state index is 0.429. The van der Waals surface area contributed by atoms with Crippen LogP contribution in [-0.4, -0.2) is 18.7 Å². The fourth-order valence-corrected chi connectivity index (χ4v) is 3.34. The highest BCUT2D eigenvalue weighted by Crippen LogP contribution is 2.29. The predicted molar refractivity (Wildman–Crippen MR) is 86.1 cm³/mol. The SMILES string of the molecule is C[C@@H](O)c1ccc(N(C)CCc2cccs2)c(Br)c1. The van der Waals surface area contributed by atoms with Gasteiger partial charge in [-0.15, -0.1) is 11.3 Å². The second-order valence-electron chi connectivity index (χ2n) is 4.64. The zero-order valence-electron chi connectivity index (χ0n) is 11.1. The maximum atomic E-state index is 9.57.